The van der Waals surface area contributed by atoms with E-state index in [1.54, 1.807) is 41.2 Å². The van der Waals surface area contributed by atoms with Gasteiger partial charge < -0.3 is 5.73 Å². The van der Waals surface area contributed by atoms with Gasteiger partial charge >= 0.3 is 0 Å². The standard InChI is InChI=1S/C14H11BrN2O2/c15-12-5-3-10(4-6-12)13(18)9-17-7-1-2-11(8-17)14(16)19/h1-8H,9H2,(H-,16,19)/p+1. The molecule has 1 aromatic heterocycles. The van der Waals surface area contributed by atoms with Crippen LogP contribution in [0.2, 0.25) is 0 Å². The zero-order chi connectivity index (χ0) is 13.8. The second-order valence-electron chi connectivity index (χ2n) is 4.06. The minimum Gasteiger partial charge on any atom is -0.365 e. The molecular weight excluding hydrogens is 308 g/mol. The van der Waals surface area contributed by atoms with Gasteiger partial charge in [-0.2, -0.15) is 4.57 Å². The number of rotatable bonds is 4. The predicted octanol–water partition coefficient (Wildman–Crippen LogP) is 1.72. The van der Waals surface area contributed by atoms with Crippen molar-refractivity contribution in [1.29, 1.82) is 0 Å². The zero-order valence-corrected chi connectivity index (χ0v) is 11.6. The number of hydrogen-bond donors (Lipinski definition) is 1. The SMILES string of the molecule is NC(=O)c1ccc[n+](CC(=O)c2ccc(Br)cc2)c1. The predicted molar refractivity (Wildman–Crippen MR) is 73.6 cm³/mol. The summed E-state index contributed by atoms with van der Waals surface area (Å²) in [6.07, 6.45) is 3.29. The van der Waals surface area contributed by atoms with Crippen molar-refractivity contribution in [1.82, 2.24) is 0 Å². The third kappa shape index (κ3) is 3.48. The van der Waals surface area contributed by atoms with E-state index in [9.17, 15) is 9.59 Å². The van der Waals surface area contributed by atoms with E-state index < -0.39 is 5.91 Å². The van der Waals surface area contributed by atoms with Gasteiger partial charge in [0.2, 0.25) is 12.3 Å². The molecule has 1 aromatic carbocycles. The maximum atomic E-state index is 12.1. The molecule has 4 nitrogen and oxygen atoms in total. The second-order valence-corrected chi connectivity index (χ2v) is 4.97. The van der Waals surface area contributed by atoms with E-state index in [1.165, 1.54) is 0 Å². The number of nitrogens with zero attached hydrogens (tertiary/aromatic N) is 1. The molecule has 0 atom stereocenters. The van der Waals surface area contributed by atoms with Crippen molar-refractivity contribution in [3.63, 3.8) is 0 Å². The van der Waals surface area contributed by atoms with Gasteiger partial charge in [0.15, 0.2) is 12.4 Å². The molecule has 0 saturated heterocycles. The van der Waals surface area contributed by atoms with Gasteiger partial charge in [0.25, 0.3) is 5.91 Å². The zero-order valence-electron chi connectivity index (χ0n) is 10.0. The molecule has 0 unspecified atom stereocenters. The Balaban J connectivity index is 2.17. The first-order valence-electron chi connectivity index (χ1n) is 5.64. The minimum atomic E-state index is -0.509. The van der Waals surface area contributed by atoms with Crippen molar-refractivity contribution in [2.24, 2.45) is 5.73 Å². The summed E-state index contributed by atoms with van der Waals surface area (Å²) in [5.41, 5.74) is 6.20. The number of carbonyl (C=O) groups excluding carboxylic acids is 2. The highest BCUT2D eigenvalue weighted by atomic mass is 79.9. The van der Waals surface area contributed by atoms with E-state index >= 15 is 0 Å². The van der Waals surface area contributed by atoms with Gasteiger partial charge in [-0.15, -0.1) is 0 Å². The fraction of sp³-hybridized carbons (Fsp3) is 0.0714. The maximum absolute atomic E-state index is 12.1. The minimum absolute atomic E-state index is 0.0286. The average Bonchev–Trinajstić information content (AvgIpc) is 2.39. The fourth-order valence-electron chi connectivity index (χ4n) is 1.66. The molecule has 2 rings (SSSR count). The highest BCUT2D eigenvalue weighted by Gasteiger charge is 2.13. The molecule has 2 N–H and O–H groups in total. The van der Waals surface area contributed by atoms with Gasteiger partial charge in [0, 0.05) is 16.1 Å². The Kier molecular flexibility index (Phi) is 4.06. The van der Waals surface area contributed by atoms with Gasteiger partial charge in [-0.25, -0.2) is 0 Å². The molecule has 1 amide bonds. The smallest absolute Gasteiger partial charge is 0.254 e. The number of Topliss-reactive ketones (excluding diaryl/α,β-unsaturated/α-hetero) is 1. The number of primary amides is 1. The largest absolute Gasteiger partial charge is 0.365 e. The molecule has 1 heterocycles. The van der Waals surface area contributed by atoms with Gasteiger partial charge in [-0.3, -0.25) is 9.59 Å². The molecule has 0 aliphatic carbocycles. The summed E-state index contributed by atoms with van der Waals surface area (Å²) in [4.78, 5) is 23.1. The van der Waals surface area contributed by atoms with Gasteiger partial charge in [0.1, 0.15) is 5.56 Å². The van der Waals surface area contributed by atoms with Crippen LogP contribution >= 0.6 is 15.9 Å². The highest BCUT2D eigenvalue weighted by Crippen LogP contribution is 2.10. The lowest BCUT2D eigenvalue weighted by atomic mass is 10.1. The number of benzene rings is 1. The summed E-state index contributed by atoms with van der Waals surface area (Å²) < 4.78 is 2.57. The summed E-state index contributed by atoms with van der Waals surface area (Å²) >= 11 is 3.32. The first kappa shape index (κ1) is 13.4. The molecule has 5 heteroatoms. The van der Waals surface area contributed by atoms with Crippen LogP contribution in [0.4, 0.5) is 0 Å². The number of pyridine rings is 1. The molecule has 2 aromatic rings. The van der Waals surface area contributed by atoms with Crippen LogP contribution in [0.3, 0.4) is 0 Å². The summed E-state index contributed by atoms with van der Waals surface area (Å²) in [7, 11) is 0. The Morgan fingerprint density at radius 3 is 2.42 bits per heavy atom. The third-order valence-corrected chi connectivity index (χ3v) is 3.16. The molecule has 0 saturated carbocycles. The Morgan fingerprint density at radius 1 is 1.11 bits per heavy atom. The molecule has 0 spiro atoms. The average molecular weight is 320 g/mol. The normalized spacial score (nSPS) is 10.2. The van der Waals surface area contributed by atoms with Crippen molar-refractivity contribution in [3.8, 4) is 0 Å². The Morgan fingerprint density at radius 2 is 1.79 bits per heavy atom. The highest BCUT2D eigenvalue weighted by molar-refractivity contribution is 9.10. The van der Waals surface area contributed by atoms with E-state index in [0.29, 0.717) is 11.1 Å². The van der Waals surface area contributed by atoms with Gasteiger partial charge in [-0.05, 0) is 18.2 Å². The number of ketones is 1. The molecule has 0 radical (unpaired) electrons. The van der Waals surface area contributed by atoms with Gasteiger partial charge in [0.05, 0.1) is 0 Å². The van der Waals surface area contributed by atoms with Crippen LogP contribution in [0, 0.1) is 0 Å². The van der Waals surface area contributed by atoms with Crippen LogP contribution in [-0.4, -0.2) is 11.7 Å². The van der Waals surface area contributed by atoms with Gasteiger partial charge in [-0.1, -0.05) is 28.1 Å². The Hall–Kier alpha value is -2.01. The number of aromatic nitrogens is 1. The monoisotopic (exact) mass is 319 g/mol. The Bertz CT molecular complexity index is 624. The molecule has 0 aliphatic rings. The summed E-state index contributed by atoms with van der Waals surface area (Å²) in [6.45, 7) is 0.169. The molecule has 0 fully saturated rings. The van der Waals surface area contributed by atoms with E-state index in [4.69, 9.17) is 5.73 Å². The number of amides is 1. The first-order chi connectivity index (χ1) is 9.06. The molecule has 0 bridgehead atoms. The van der Waals surface area contributed by atoms with Crippen molar-refractivity contribution in [2.45, 2.75) is 6.54 Å². The molecular formula is C14H12BrN2O2+. The second kappa shape index (κ2) is 5.75. The fourth-order valence-corrected chi connectivity index (χ4v) is 1.92. The first-order valence-corrected chi connectivity index (χ1v) is 6.43. The summed E-state index contributed by atoms with van der Waals surface area (Å²) in [5, 5.41) is 0. The van der Waals surface area contributed by atoms with Crippen molar-refractivity contribution in [2.75, 3.05) is 0 Å². The molecule has 19 heavy (non-hydrogen) atoms. The van der Waals surface area contributed by atoms with Crippen LogP contribution < -0.4 is 10.3 Å². The lowest BCUT2D eigenvalue weighted by Gasteiger charge is -1.99. The maximum Gasteiger partial charge on any atom is 0.254 e. The van der Waals surface area contributed by atoms with Crippen molar-refractivity contribution in [3.05, 3.63) is 64.4 Å². The van der Waals surface area contributed by atoms with E-state index in [1.807, 2.05) is 12.1 Å². The Labute approximate surface area is 119 Å². The van der Waals surface area contributed by atoms with Crippen LogP contribution in [-0.2, 0) is 6.54 Å². The summed E-state index contributed by atoms with van der Waals surface area (Å²) in [5.74, 6) is -0.537. The van der Waals surface area contributed by atoms with Crippen molar-refractivity contribution >= 4 is 27.6 Å². The number of carbonyl (C=O) groups is 2. The van der Waals surface area contributed by atoms with E-state index in [2.05, 4.69) is 15.9 Å². The number of nitrogens with two attached hydrogens (primary N) is 1. The number of hydrogen-bond acceptors (Lipinski definition) is 2. The van der Waals surface area contributed by atoms with Crippen LogP contribution in [0.1, 0.15) is 20.7 Å². The third-order valence-electron chi connectivity index (χ3n) is 2.64. The number of halogens is 1. The van der Waals surface area contributed by atoms with E-state index in [-0.39, 0.29) is 12.3 Å². The lowest BCUT2D eigenvalue weighted by molar-refractivity contribution is -0.683. The quantitative estimate of drug-likeness (QED) is 0.689. The topological polar surface area (TPSA) is 64.0 Å². The van der Waals surface area contributed by atoms with E-state index in [0.717, 1.165) is 4.47 Å². The van der Waals surface area contributed by atoms with Crippen LogP contribution in [0.5, 0.6) is 0 Å². The molecule has 0 aliphatic heterocycles. The van der Waals surface area contributed by atoms with Crippen molar-refractivity contribution < 1.29 is 14.2 Å². The summed E-state index contributed by atoms with van der Waals surface area (Å²) in [6, 6.07) is 10.4. The van der Waals surface area contributed by atoms with Crippen LogP contribution in [0.25, 0.3) is 0 Å². The molecule has 96 valence electrons. The van der Waals surface area contributed by atoms with Crippen LogP contribution in [0.15, 0.2) is 53.3 Å². The lowest BCUT2D eigenvalue weighted by Crippen LogP contribution is -2.38.